The Morgan fingerprint density at radius 3 is 3.04 bits per heavy atom. The molecule has 2 aromatic heterocycles. The molecule has 2 aromatic rings. The Morgan fingerprint density at radius 1 is 1.46 bits per heavy atom. The molecule has 0 radical (unpaired) electrons. The third-order valence-electron chi connectivity index (χ3n) is 3.86. The van der Waals surface area contributed by atoms with E-state index in [9.17, 15) is 4.79 Å². The van der Waals surface area contributed by atoms with Crippen molar-refractivity contribution in [1.82, 2.24) is 15.3 Å². The molecule has 1 amide bonds. The molecule has 3 rings (SSSR count). The quantitative estimate of drug-likeness (QED) is 0.809. The smallest absolute Gasteiger partial charge is 0.244 e. The number of thiophene rings is 1. The van der Waals surface area contributed by atoms with Crippen LogP contribution in [-0.2, 0) is 11.4 Å². The number of aromatic nitrogens is 2. The summed E-state index contributed by atoms with van der Waals surface area (Å²) in [6, 6.07) is 3.77. The first-order chi connectivity index (χ1) is 11.7. The fourth-order valence-electron chi connectivity index (χ4n) is 2.70. The zero-order valence-electron chi connectivity index (χ0n) is 13.3. The van der Waals surface area contributed by atoms with Crippen molar-refractivity contribution >= 4 is 29.3 Å². The SMILES string of the molecule is O=C(C=Cc1cc(CO)cs1)NC1CCCN(c2ncccn2)C1. The molecule has 24 heavy (non-hydrogen) atoms. The van der Waals surface area contributed by atoms with Crippen molar-refractivity contribution in [3.05, 3.63) is 46.4 Å². The van der Waals surface area contributed by atoms with Crippen molar-refractivity contribution in [3.8, 4) is 0 Å². The lowest BCUT2D eigenvalue weighted by atomic mass is 10.1. The molecular weight excluding hydrogens is 324 g/mol. The number of anilines is 1. The van der Waals surface area contributed by atoms with Crippen LogP contribution in [-0.4, -0.2) is 40.1 Å². The van der Waals surface area contributed by atoms with Crippen LogP contribution in [0.2, 0.25) is 0 Å². The molecule has 0 aromatic carbocycles. The van der Waals surface area contributed by atoms with E-state index in [1.54, 1.807) is 30.6 Å². The van der Waals surface area contributed by atoms with E-state index in [1.807, 2.05) is 11.4 Å². The van der Waals surface area contributed by atoms with Gasteiger partial charge in [-0.25, -0.2) is 9.97 Å². The molecule has 0 bridgehead atoms. The highest BCUT2D eigenvalue weighted by Crippen LogP contribution is 2.17. The molecule has 6 nitrogen and oxygen atoms in total. The van der Waals surface area contributed by atoms with Gasteiger partial charge in [-0.15, -0.1) is 11.3 Å². The van der Waals surface area contributed by atoms with Crippen LogP contribution in [0.25, 0.3) is 6.08 Å². The number of carbonyl (C=O) groups is 1. The maximum Gasteiger partial charge on any atom is 0.244 e. The van der Waals surface area contributed by atoms with Gasteiger partial charge in [0, 0.05) is 42.5 Å². The summed E-state index contributed by atoms with van der Waals surface area (Å²) in [5.74, 6) is 0.608. The van der Waals surface area contributed by atoms with E-state index in [0.29, 0.717) is 5.95 Å². The molecule has 3 heterocycles. The molecule has 0 saturated carbocycles. The van der Waals surface area contributed by atoms with Crippen molar-refractivity contribution in [3.63, 3.8) is 0 Å². The summed E-state index contributed by atoms with van der Waals surface area (Å²) in [4.78, 5) is 23.7. The van der Waals surface area contributed by atoms with Gasteiger partial charge in [0.05, 0.1) is 6.61 Å². The molecule has 0 spiro atoms. The van der Waals surface area contributed by atoms with Crippen LogP contribution < -0.4 is 10.2 Å². The second-order valence-corrected chi connectivity index (χ2v) is 6.63. The molecule has 1 aliphatic heterocycles. The topological polar surface area (TPSA) is 78.4 Å². The van der Waals surface area contributed by atoms with Crippen molar-refractivity contribution in [2.75, 3.05) is 18.0 Å². The van der Waals surface area contributed by atoms with Gasteiger partial charge in [-0.2, -0.15) is 0 Å². The summed E-state index contributed by atoms with van der Waals surface area (Å²) < 4.78 is 0. The molecule has 126 valence electrons. The van der Waals surface area contributed by atoms with Gasteiger partial charge in [0.1, 0.15) is 0 Å². The van der Waals surface area contributed by atoms with E-state index < -0.39 is 0 Å². The van der Waals surface area contributed by atoms with E-state index in [0.717, 1.165) is 36.4 Å². The minimum atomic E-state index is -0.102. The molecule has 1 saturated heterocycles. The first kappa shape index (κ1) is 16.6. The number of aliphatic hydroxyl groups excluding tert-OH is 1. The second kappa shape index (κ2) is 8.03. The van der Waals surface area contributed by atoms with Crippen molar-refractivity contribution in [2.45, 2.75) is 25.5 Å². The number of hydrogen-bond acceptors (Lipinski definition) is 6. The van der Waals surface area contributed by atoms with E-state index in [-0.39, 0.29) is 18.6 Å². The van der Waals surface area contributed by atoms with E-state index in [2.05, 4.69) is 20.2 Å². The Hall–Kier alpha value is -2.25. The highest BCUT2D eigenvalue weighted by atomic mass is 32.1. The van der Waals surface area contributed by atoms with Crippen LogP contribution in [0.4, 0.5) is 5.95 Å². The van der Waals surface area contributed by atoms with E-state index >= 15 is 0 Å². The van der Waals surface area contributed by atoms with Crippen molar-refractivity contribution in [1.29, 1.82) is 0 Å². The Kier molecular flexibility index (Phi) is 5.55. The molecule has 2 N–H and O–H groups in total. The van der Waals surface area contributed by atoms with Gasteiger partial charge < -0.3 is 15.3 Å². The number of aliphatic hydroxyl groups is 1. The number of rotatable bonds is 5. The first-order valence-electron chi connectivity index (χ1n) is 7.93. The maximum absolute atomic E-state index is 12.1. The Labute approximate surface area is 144 Å². The molecular formula is C17H20N4O2S. The van der Waals surface area contributed by atoms with Gasteiger partial charge in [0.15, 0.2) is 0 Å². The van der Waals surface area contributed by atoms with Gasteiger partial charge in [0.2, 0.25) is 11.9 Å². The molecule has 1 aliphatic rings. The van der Waals surface area contributed by atoms with Gasteiger partial charge in [-0.05, 0) is 42.0 Å². The lowest BCUT2D eigenvalue weighted by Crippen LogP contribution is -2.47. The Morgan fingerprint density at radius 2 is 2.29 bits per heavy atom. The van der Waals surface area contributed by atoms with Gasteiger partial charge in [0.25, 0.3) is 0 Å². The fourth-order valence-corrected chi connectivity index (χ4v) is 3.50. The third kappa shape index (κ3) is 4.39. The predicted molar refractivity (Wildman–Crippen MR) is 94.7 cm³/mol. The monoisotopic (exact) mass is 344 g/mol. The van der Waals surface area contributed by atoms with Crippen LogP contribution in [0.1, 0.15) is 23.3 Å². The number of hydrogen-bond donors (Lipinski definition) is 2. The highest BCUT2D eigenvalue weighted by Gasteiger charge is 2.22. The summed E-state index contributed by atoms with van der Waals surface area (Å²) in [5.41, 5.74) is 0.867. The zero-order chi connectivity index (χ0) is 16.8. The Bertz CT molecular complexity index is 702. The molecule has 1 atom stereocenters. The van der Waals surface area contributed by atoms with Gasteiger partial charge >= 0.3 is 0 Å². The zero-order valence-corrected chi connectivity index (χ0v) is 14.1. The number of carbonyl (C=O) groups excluding carboxylic acids is 1. The van der Waals surface area contributed by atoms with Crippen molar-refractivity contribution < 1.29 is 9.90 Å². The van der Waals surface area contributed by atoms with E-state index in [4.69, 9.17) is 5.11 Å². The lowest BCUT2D eigenvalue weighted by Gasteiger charge is -2.32. The first-order valence-corrected chi connectivity index (χ1v) is 8.81. The number of nitrogens with zero attached hydrogens (tertiary/aromatic N) is 3. The average molecular weight is 344 g/mol. The highest BCUT2D eigenvalue weighted by molar-refractivity contribution is 7.11. The predicted octanol–water partition coefficient (Wildman–Crippen LogP) is 1.83. The fraction of sp³-hybridized carbons (Fsp3) is 0.353. The standard InChI is InChI=1S/C17H20N4O2S/c22-11-13-9-15(24-12-13)4-5-16(23)20-14-3-1-8-21(10-14)17-18-6-2-7-19-17/h2,4-7,9,12,14,22H,1,3,8,10-11H2,(H,20,23). The summed E-state index contributed by atoms with van der Waals surface area (Å²) in [6.45, 7) is 1.65. The summed E-state index contributed by atoms with van der Waals surface area (Å²) in [5, 5.41) is 14.0. The Balaban J connectivity index is 1.54. The van der Waals surface area contributed by atoms with Crippen LogP contribution in [0.5, 0.6) is 0 Å². The minimum absolute atomic E-state index is 0.0238. The average Bonchev–Trinajstić information content (AvgIpc) is 3.09. The maximum atomic E-state index is 12.1. The molecule has 7 heteroatoms. The number of amides is 1. The van der Waals surface area contributed by atoms with Crippen LogP contribution in [0.15, 0.2) is 36.0 Å². The van der Waals surface area contributed by atoms with Gasteiger partial charge in [-0.3, -0.25) is 4.79 Å². The van der Waals surface area contributed by atoms with Crippen molar-refractivity contribution in [2.24, 2.45) is 0 Å². The van der Waals surface area contributed by atoms with Gasteiger partial charge in [-0.1, -0.05) is 0 Å². The summed E-state index contributed by atoms with van der Waals surface area (Å²) in [6.07, 6.45) is 8.74. The number of nitrogens with one attached hydrogen (secondary N) is 1. The van der Waals surface area contributed by atoms with E-state index in [1.165, 1.54) is 11.3 Å². The molecule has 1 unspecified atom stereocenters. The second-order valence-electron chi connectivity index (χ2n) is 5.69. The van der Waals surface area contributed by atoms with Crippen LogP contribution in [0.3, 0.4) is 0 Å². The van der Waals surface area contributed by atoms with Crippen LogP contribution >= 0.6 is 11.3 Å². The third-order valence-corrected chi connectivity index (χ3v) is 4.81. The summed E-state index contributed by atoms with van der Waals surface area (Å²) >= 11 is 1.51. The lowest BCUT2D eigenvalue weighted by molar-refractivity contribution is -0.117. The minimum Gasteiger partial charge on any atom is -0.392 e. The normalized spacial score (nSPS) is 18.0. The number of piperidine rings is 1. The molecule has 1 fully saturated rings. The molecule has 0 aliphatic carbocycles. The summed E-state index contributed by atoms with van der Waals surface area (Å²) in [7, 11) is 0. The van der Waals surface area contributed by atoms with Crippen LogP contribution in [0, 0.1) is 0 Å². The largest absolute Gasteiger partial charge is 0.392 e.